The lowest BCUT2D eigenvalue weighted by Crippen LogP contribution is -2.30. The molecule has 2 heterocycles. The van der Waals surface area contributed by atoms with Crippen LogP contribution in [0.5, 0.6) is 0 Å². The van der Waals surface area contributed by atoms with E-state index < -0.39 is 0 Å². The first kappa shape index (κ1) is 33.0. The average molecular weight is 553 g/mol. The van der Waals surface area contributed by atoms with Crippen LogP contribution in [0.3, 0.4) is 0 Å². The van der Waals surface area contributed by atoms with Crippen molar-refractivity contribution in [1.29, 1.82) is 5.26 Å². The van der Waals surface area contributed by atoms with E-state index >= 15 is 0 Å². The molecule has 1 aromatic carbocycles. The van der Waals surface area contributed by atoms with Crippen LogP contribution in [0.1, 0.15) is 75.6 Å². The Kier molecular flexibility index (Phi) is 15.1. The highest BCUT2D eigenvalue weighted by Crippen LogP contribution is 2.15. The summed E-state index contributed by atoms with van der Waals surface area (Å²) in [5.41, 5.74) is 6.28. The molecule has 0 atom stereocenters. The van der Waals surface area contributed by atoms with Gasteiger partial charge >= 0.3 is 0 Å². The summed E-state index contributed by atoms with van der Waals surface area (Å²) in [4.78, 5) is 13.2. The molecule has 204 valence electrons. The van der Waals surface area contributed by atoms with Crippen LogP contribution in [0.15, 0.2) is 58.7 Å². The Morgan fingerprint density at radius 3 is 2.32 bits per heavy atom. The molecule has 2 aromatic heterocycles. The number of thiophene rings is 1. The lowest BCUT2D eigenvalue weighted by molar-refractivity contribution is -0.118. The Bertz CT molecular complexity index is 1310. The van der Waals surface area contributed by atoms with E-state index in [4.69, 9.17) is 21.3 Å². The van der Waals surface area contributed by atoms with Crippen molar-refractivity contribution in [2.45, 2.75) is 80.7 Å². The van der Waals surface area contributed by atoms with Gasteiger partial charge in [0.05, 0.1) is 23.0 Å². The molecule has 0 saturated heterocycles. The Labute approximate surface area is 237 Å². The molecule has 4 nitrogen and oxygen atoms in total. The number of allylic oxidation sites excluding steroid dienone is 1. The molecular weight excluding hydrogens is 512 g/mol. The topological polar surface area (TPSA) is 66.0 Å². The molecule has 3 rings (SSSR count). The fourth-order valence-corrected chi connectivity index (χ4v) is 5.42. The predicted octanol–water partition coefficient (Wildman–Crippen LogP) is 7.79. The second-order valence-electron chi connectivity index (χ2n) is 9.25. The number of aryl methyl sites for hydroxylation is 2. The van der Waals surface area contributed by atoms with Crippen LogP contribution in [-0.2, 0) is 17.8 Å². The summed E-state index contributed by atoms with van der Waals surface area (Å²) in [6.07, 6.45) is 6.99. The smallest absolute Gasteiger partial charge is 0.132 e. The lowest BCUT2D eigenvalue weighted by atomic mass is 10.1. The molecule has 0 spiro atoms. The molecule has 0 aliphatic heterocycles. The summed E-state index contributed by atoms with van der Waals surface area (Å²) in [6.45, 7) is 19.0. The number of hydrogen-bond acceptors (Lipinski definition) is 5. The van der Waals surface area contributed by atoms with Crippen molar-refractivity contribution in [1.82, 2.24) is 5.32 Å². The Morgan fingerprint density at radius 2 is 1.82 bits per heavy atom. The number of nitriles is 1. The highest BCUT2D eigenvalue weighted by molar-refractivity contribution is 7.10. The summed E-state index contributed by atoms with van der Waals surface area (Å²) in [5, 5.41) is 12.2. The minimum absolute atomic E-state index is 0.330. The molecule has 0 amide bonds. The number of rotatable bonds is 9. The quantitative estimate of drug-likeness (QED) is 0.294. The third kappa shape index (κ3) is 10.7. The van der Waals surface area contributed by atoms with Gasteiger partial charge in [0, 0.05) is 29.3 Å². The van der Waals surface area contributed by atoms with E-state index in [0.29, 0.717) is 25.2 Å². The fourth-order valence-electron chi connectivity index (χ4n) is 3.80. The molecule has 0 aliphatic rings. The first-order chi connectivity index (χ1) is 18.2. The van der Waals surface area contributed by atoms with Gasteiger partial charge in [-0.3, -0.25) is 4.79 Å². The standard InChI is InChI=1S/C24H33NO2S.C7H7Cl.CHN/c1-7-17(5)23-18(6)22(12-11-19(26)8-2)28-24(23)21(14-16(3)4)25-15-20-10-9-13-27-20;1-6-3-2-4-7(8)5-6;1-2/h9-10,13-14,25H,7-8,11-12,15H2,1-6H3;2-5H,1H3;1H/b23-17?,24-21-;;. The van der Waals surface area contributed by atoms with Crippen molar-refractivity contribution >= 4 is 40.0 Å². The first-order valence-corrected chi connectivity index (χ1v) is 14.1. The lowest BCUT2D eigenvalue weighted by Gasteiger charge is -2.07. The van der Waals surface area contributed by atoms with E-state index in [1.807, 2.05) is 61.6 Å². The fraction of sp³-hybridized carbons (Fsp3) is 0.375. The van der Waals surface area contributed by atoms with Gasteiger partial charge in [-0.25, -0.2) is 5.26 Å². The van der Waals surface area contributed by atoms with Crippen LogP contribution in [0.2, 0.25) is 5.02 Å². The van der Waals surface area contributed by atoms with Crippen LogP contribution in [0.4, 0.5) is 0 Å². The normalized spacial score (nSPS) is 11.7. The Balaban J connectivity index is 0.000000607. The first-order valence-electron chi connectivity index (χ1n) is 12.9. The molecule has 1 N–H and O–H groups in total. The zero-order chi connectivity index (χ0) is 28.7. The molecule has 0 fully saturated rings. The summed E-state index contributed by atoms with van der Waals surface area (Å²) in [5.74, 6) is 1.25. The van der Waals surface area contributed by atoms with Gasteiger partial charge in [-0.15, -0.1) is 11.3 Å². The van der Waals surface area contributed by atoms with E-state index in [1.165, 1.54) is 36.9 Å². The molecule has 0 aliphatic carbocycles. The number of ketones is 1. The number of Topliss-reactive ketones (excluding diaryl/α,β-unsaturated/α-hetero) is 1. The number of halogens is 1. The summed E-state index contributed by atoms with van der Waals surface area (Å²) < 4.78 is 6.76. The van der Waals surface area contributed by atoms with Crippen molar-refractivity contribution in [3.05, 3.63) is 90.8 Å². The van der Waals surface area contributed by atoms with Gasteiger partial charge in [-0.05, 0) is 94.1 Å². The molecule has 3 aromatic rings. The number of furan rings is 1. The number of benzene rings is 1. The zero-order valence-corrected chi connectivity index (χ0v) is 25.4. The van der Waals surface area contributed by atoms with Gasteiger partial charge in [-0.1, -0.05) is 48.7 Å². The number of carbonyl (C=O) groups excluding carboxylic acids is 1. The van der Waals surface area contributed by atoms with E-state index in [-0.39, 0.29) is 0 Å². The second-order valence-corrected chi connectivity index (χ2v) is 10.8. The highest BCUT2D eigenvalue weighted by atomic mass is 35.5. The minimum atomic E-state index is 0.330. The number of hydrogen-bond donors (Lipinski definition) is 1. The molecule has 38 heavy (non-hydrogen) atoms. The van der Waals surface area contributed by atoms with Gasteiger partial charge in [-0.2, -0.15) is 0 Å². The number of nitrogens with zero attached hydrogens (tertiary/aromatic N) is 1. The van der Waals surface area contributed by atoms with Crippen molar-refractivity contribution < 1.29 is 9.21 Å². The maximum absolute atomic E-state index is 11.9. The molecule has 0 bridgehead atoms. The van der Waals surface area contributed by atoms with Crippen molar-refractivity contribution in [2.75, 3.05) is 0 Å². The van der Waals surface area contributed by atoms with E-state index in [2.05, 4.69) is 52.6 Å². The number of carbonyl (C=O) groups is 1. The monoisotopic (exact) mass is 552 g/mol. The third-order valence-corrected chi connectivity index (χ3v) is 7.54. The van der Waals surface area contributed by atoms with Crippen LogP contribution in [0.25, 0.3) is 11.3 Å². The molecule has 0 saturated carbocycles. The Hall–Kier alpha value is -3.07. The molecule has 6 heteroatoms. The van der Waals surface area contributed by atoms with Crippen LogP contribution in [0, 0.1) is 25.7 Å². The van der Waals surface area contributed by atoms with E-state index in [1.54, 1.807) is 6.26 Å². The number of nitrogens with one attached hydrogen (secondary N) is 1. The van der Waals surface area contributed by atoms with Gasteiger partial charge in [0.15, 0.2) is 0 Å². The molecular formula is C32H41ClN2O2S. The van der Waals surface area contributed by atoms with Crippen LogP contribution < -0.4 is 15.1 Å². The van der Waals surface area contributed by atoms with Gasteiger partial charge in [0.2, 0.25) is 0 Å². The highest BCUT2D eigenvalue weighted by Gasteiger charge is 2.12. The third-order valence-electron chi connectivity index (χ3n) is 5.92. The van der Waals surface area contributed by atoms with Gasteiger partial charge < -0.3 is 9.73 Å². The summed E-state index contributed by atoms with van der Waals surface area (Å²) in [6, 6.07) is 11.7. The summed E-state index contributed by atoms with van der Waals surface area (Å²) in [7, 11) is 0. The van der Waals surface area contributed by atoms with Crippen LogP contribution >= 0.6 is 22.9 Å². The summed E-state index contributed by atoms with van der Waals surface area (Å²) >= 11 is 7.47. The maximum Gasteiger partial charge on any atom is 0.132 e. The minimum Gasteiger partial charge on any atom is -0.467 e. The predicted molar refractivity (Wildman–Crippen MR) is 163 cm³/mol. The maximum atomic E-state index is 11.9. The van der Waals surface area contributed by atoms with Crippen LogP contribution in [-0.4, -0.2) is 5.78 Å². The van der Waals surface area contributed by atoms with E-state index in [0.717, 1.165) is 29.3 Å². The molecule has 0 unspecified atom stereocenters. The molecule has 0 radical (unpaired) electrons. The van der Waals surface area contributed by atoms with Crippen molar-refractivity contribution in [3.63, 3.8) is 0 Å². The average Bonchev–Trinajstić information content (AvgIpc) is 3.53. The van der Waals surface area contributed by atoms with Crippen molar-refractivity contribution in [3.8, 4) is 6.57 Å². The van der Waals surface area contributed by atoms with Crippen molar-refractivity contribution in [2.24, 2.45) is 0 Å². The SMILES string of the molecule is C#N.CCC(=O)CCc1s/c(=C(/C=C(C)C)NCc2ccco2)c(=C(C)CC)c1C.Cc1cccc(Cl)c1. The van der Waals surface area contributed by atoms with E-state index in [9.17, 15) is 4.79 Å². The zero-order valence-electron chi connectivity index (χ0n) is 23.8. The largest absolute Gasteiger partial charge is 0.467 e. The second kappa shape index (κ2) is 17.4. The van der Waals surface area contributed by atoms with Gasteiger partial charge in [0.1, 0.15) is 11.5 Å². The Morgan fingerprint density at radius 1 is 1.11 bits per heavy atom. The van der Waals surface area contributed by atoms with Gasteiger partial charge in [0.25, 0.3) is 0 Å².